The Morgan fingerprint density at radius 1 is 0.193 bits per heavy atom. The molecule has 0 aliphatic carbocycles. The fraction of sp³-hybridized carbons (Fsp3) is 0. The molecule has 0 aliphatic heterocycles. The molecule has 0 radical (unpaired) electrons. The van der Waals surface area contributed by atoms with Crippen LogP contribution in [-0.4, -0.2) is 28.2 Å². The molecule has 6 aromatic heterocycles. The van der Waals surface area contributed by atoms with E-state index in [1.54, 1.807) is 0 Å². The molecule has 0 fully saturated rings. The summed E-state index contributed by atoms with van der Waals surface area (Å²) in [4.78, 5) is 11.3. The molecule has 0 spiro atoms. The molecule has 0 saturated heterocycles. The first kappa shape index (κ1) is 49.6. The molecule has 0 N–H and O–H groups in total. The SMILES string of the molecule is c1ccc(-c2ccc3c(c2)c2cc(-c4ccccc4)ccc2n3-c2nc(-n3c4ccccc4c4ccccc43)c(-n3c4ccc(-c5ccccc5)cc4c4cc(-c5ccccc5)ccc43)c(-c3ccncc3)c2-n2c3ccccc3c3ccccc32)cc1. The minimum atomic E-state index is 0.775. The quantitative estimate of drug-likeness (QED) is 0.145. The number of nitrogens with zero attached hydrogens (tertiary/aromatic N) is 6. The van der Waals surface area contributed by atoms with Crippen LogP contribution in [0, 0.1) is 0 Å². The average molecular weight is 1120 g/mol. The Morgan fingerprint density at radius 2 is 0.455 bits per heavy atom. The standard InChI is InChI=1S/C82H52N6/c1-5-21-53(22-6-1)58-37-41-74-66(49-58)67-50-59(54-23-7-2-8-24-54)38-42-75(67)86(74)80-78(57-45-47-83-48-46-57)79(85-70-33-17-13-29-62(70)63-30-14-18-34-71(63)85)82(84-81(80)87-72-35-19-15-31-64(72)65-32-16-20-36-73(65)87)88-76-43-39-60(55-25-9-3-10-26-55)51-68(76)69-52-61(40-44-77(69)88)56-27-11-4-12-28-56/h1-52H. The van der Waals surface area contributed by atoms with Gasteiger partial charge in [-0.25, -0.2) is 4.98 Å². The molecule has 12 aromatic carbocycles. The van der Waals surface area contributed by atoms with Crippen LogP contribution in [0.5, 0.6) is 0 Å². The van der Waals surface area contributed by atoms with E-state index in [4.69, 9.17) is 9.97 Å². The van der Waals surface area contributed by atoms with Crippen LogP contribution in [0.25, 0.3) is 166 Å². The first-order valence-electron chi connectivity index (χ1n) is 30.0. The van der Waals surface area contributed by atoms with Gasteiger partial charge in [0.15, 0.2) is 11.6 Å². The second-order valence-electron chi connectivity index (χ2n) is 22.9. The Labute approximate surface area is 507 Å². The molecule has 410 valence electrons. The lowest BCUT2D eigenvalue weighted by Crippen LogP contribution is -2.16. The van der Waals surface area contributed by atoms with E-state index < -0.39 is 0 Å². The molecule has 0 unspecified atom stereocenters. The number of hydrogen-bond donors (Lipinski definition) is 0. The number of rotatable bonds is 9. The maximum atomic E-state index is 6.54. The van der Waals surface area contributed by atoms with E-state index in [0.29, 0.717) is 0 Å². The van der Waals surface area contributed by atoms with Gasteiger partial charge in [0.05, 0.1) is 44.1 Å². The van der Waals surface area contributed by atoms with Crippen molar-refractivity contribution in [1.82, 2.24) is 28.2 Å². The maximum Gasteiger partial charge on any atom is 0.165 e. The van der Waals surface area contributed by atoms with Crippen molar-refractivity contribution in [2.75, 3.05) is 0 Å². The molecule has 0 aliphatic rings. The summed E-state index contributed by atoms with van der Waals surface area (Å²) in [6.07, 6.45) is 3.88. The van der Waals surface area contributed by atoms with E-state index in [0.717, 1.165) is 166 Å². The van der Waals surface area contributed by atoms with Crippen molar-refractivity contribution < 1.29 is 0 Å². The lowest BCUT2D eigenvalue weighted by Gasteiger charge is -2.27. The number of aromatic nitrogens is 6. The molecule has 6 nitrogen and oxygen atoms in total. The van der Waals surface area contributed by atoms with Crippen molar-refractivity contribution in [2.24, 2.45) is 0 Å². The largest absolute Gasteiger partial charge is 0.305 e. The molecule has 0 amide bonds. The van der Waals surface area contributed by atoms with Crippen molar-refractivity contribution in [1.29, 1.82) is 0 Å². The van der Waals surface area contributed by atoms with Gasteiger partial charge < -0.3 is 9.13 Å². The van der Waals surface area contributed by atoms with Crippen molar-refractivity contribution >= 4 is 87.2 Å². The zero-order valence-electron chi connectivity index (χ0n) is 47.7. The number of hydrogen-bond acceptors (Lipinski definition) is 2. The number of benzene rings is 12. The highest BCUT2D eigenvalue weighted by atomic mass is 15.2. The predicted molar refractivity (Wildman–Crippen MR) is 367 cm³/mol. The summed E-state index contributed by atoms with van der Waals surface area (Å²) >= 11 is 0. The van der Waals surface area contributed by atoms with E-state index >= 15 is 0 Å². The lowest BCUT2D eigenvalue weighted by molar-refractivity contribution is 0.961. The fourth-order valence-corrected chi connectivity index (χ4v) is 14.1. The van der Waals surface area contributed by atoms with E-state index in [1.165, 1.54) is 0 Å². The lowest BCUT2D eigenvalue weighted by atomic mass is 10.0. The van der Waals surface area contributed by atoms with Crippen LogP contribution in [-0.2, 0) is 0 Å². The Morgan fingerprint density at radius 3 is 0.773 bits per heavy atom. The van der Waals surface area contributed by atoms with Crippen LogP contribution >= 0.6 is 0 Å². The number of pyridine rings is 2. The van der Waals surface area contributed by atoms with E-state index in [2.05, 4.69) is 322 Å². The van der Waals surface area contributed by atoms with Gasteiger partial charge in [-0.05, 0) is 135 Å². The van der Waals surface area contributed by atoms with E-state index in [1.807, 2.05) is 12.4 Å². The van der Waals surface area contributed by atoms with E-state index in [9.17, 15) is 0 Å². The van der Waals surface area contributed by atoms with E-state index in [-0.39, 0.29) is 0 Å². The molecule has 0 saturated carbocycles. The van der Waals surface area contributed by atoms with Gasteiger partial charge in [-0.1, -0.05) is 218 Å². The molecule has 6 heteroatoms. The molecule has 88 heavy (non-hydrogen) atoms. The average Bonchev–Trinajstić information content (AvgIpc) is 1.60. The smallest absolute Gasteiger partial charge is 0.165 e. The van der Waals surface area contributed by atoms with Crippen LogP contribution in [0.4, 0.5) is 0 Å². The molecule has 18 aromatic rings. The van der Waals surface area contributed by atoms with Crippen LogP contribution in [0.2, 0.25) is 0 Å². The molecular formula is C82H52N6. The monoisotopic (exact) mass is 1120 g/mol. The summed E-state index contributed by atoms with van der Waals surface area (Å²) in [6, 6.07) is 111. The summed E-state index contributed by atoms with van der Waals surface area (Å²) in [7, 11) is 0. The molecular weight excluding hydrogens is 1070 g/mol. The third-order valence-electron chi connectivity index (χ3n) is 18.1. The topological polar surface area (TPSA) is 45.5 Å². The Hall–Kier alpha value is -11.9. The van der Waals surface area contributed by atoms with Crippen LogP contribution < -0.4 is 0 Å². The summed E-state index contributed by atoms with van der Waals surface area (Å²) < 4.78 is 9.93. The van der Waals surface area contributed by atoms with Gasteiger partial charge in [-0.2, -0.15) is 0 Å². The third kappa shape index (κ3) is 7.62. The van der Waals surface area contributed by atoms with Crippen LogP contribution in [0.3, 0.4) is 0 Å². The van der Waals surface area contributed by atoms with Crippen molar-refractivity contribution in [3.63, 3.8) is 0 Å². The normalized spacial score (nSPS) is 11.9. The Balaban J connectivity index is 1.09. The summed E-state index contributed by atoms with van der Waals surface area (Å²) in [5.74, 6) is 1.55. The second-order valence-corrected chi connectivity index (χ2v) is 22.9. The van der Waals surface area contributed by atoms with Gasteiger partial charge >= 0.3 is 0 Å². The van der Waals surface area contributed by atoms with Gasteiger partial charge in [-0.15, -0.1) is 0 Å². The zero-order chi connectivity index (χ0) is 57.8. The second kappa shape index (κ2) is 19.9. The van der Waals surface area contributed by atoms with Gasteiger partial charge in [0.1, 0.15) is 11.4 Å². The third-order valence-corrected chi connectivity index (χ3v) is 18.1. The Kier molecular flexibility index (Phi) is 11.2. The van der Waals surface area contributed by atoms with Gasteiger partial charge in [0.25, 0.3) is 0 Å². The van der Waals surface area contributed by atoms with Gasteiger partial charge in [0.2, 0.25) is 0 Å². The van der Waals surface area contributed by atoms with Crippen molar-refractivity contribution in [3.8, 4) is 78.6 Å². The maximum absolute atomic E-state index is 6.54. The highest BCUT2D eigenvalue weighted by Gasteiger charge is 2.33. The van der Waals surface area contributed by atoms with Crippen LogP contribution in [0.15, 0.2) is 316 Å². The van der Waals surface area contributed by atoms with Crippen molar-refractivity contribution in [2.45, 2.75) is 0 Å². The summed E-state index contributed by atoms with van der Waals surface area (Å²) in [5.41, 5.74) is 21.5. The molecule has 18 rings (SSSR count). The highest BCUT2D eigenvalue weighted by molar-refractivity contribution is 6.17. The predicted octanol–water partition coefficient (Wildman–Crippen LogP) is 21.2. The molecule has 6 heterocycles. The fourth-order valence-electron chi connectivity index (χ4n) is 14.1. The number of fused-ring (bicyclic) bond motifs is 12. The minimum Gasteiger partial charge on any atom is -0.305 e. The Bertz CT molecular complexity index is 5480. The summed E-state index contributed by atoms with van der Waals surface area (Å²) in [5, 5.41) is 9.12. The van der Waals surface area contributed by atoms with Crippen molar-refractivity contribution in [3.05, 3.63) is 316 Å². The number of para-hydroxylation sites is 4. The van der Waals surface area contributed by atoms with Gasteiger partial charge in [0, 0.05) is 61.0 Å². The zero-order valence-corrected chi connectivity index (χ0v) is 47.7. The minimum absolute atomic E-state index is 0.775. The highest BCUT2D eigenvalue weighted by Crippen LogP contribution is 2.50. The first-order valence-corrected chi connectivity index (χ1v) is 30.0. The van der Waals surface area contributed by atoms with Crippen LogP contribution in [0.1, 0.15) is 0 Å². The first-order chi connectivity index (χ1) is 43.7. The van der Waals surface area contributed by atoms with Gasteiger partial charge in [-0.3, -0.25) is 14.1 Å². The molecule has 0 bridgehead atoms. The molecule has 0 atom stereocenters. The summed E-state index contributed by atoms with van der Waals surface area (Å²) in [6.45, 7) is 0.